The summed E-state index contributed by atoms with van der Waals surface area (Å²) in [7, 11) is 1.61. The molecule has 1 amide bonds. The molecule has 0 spiro atoms. The van der Waals surface area contributed by atoms with Crippen molar-refractivity contribution in [2.45, 2.75) is 37.8 Å². The Morgan fingerprint density at radius 2 is 2.04 bits per heavy atom. The molecule has 0 atom stereocenters. The minimum Gasteiger partial charge on any atom is -0.490 e. The molecule has 0 aliphatic heterocycles. The molecule has 0 aromatic heterocycles. The smallest absolute Gasteiger partial charge is 0.404 e. The molecule has 1 aromatic carbocycles. The van der Waals surface area contributed by atoms with Gasteiger partial charge in [0, 0.05) is 25.2 Å². The topological polar surface area (TPSA) is 114 Å². The van der Waals surface area contributed by atoms with Crippen LogP contribution >= 0.6 is 15.9 Å². The van der Waals surface area contributed by atoms with Crippen LogP contribution in [-0.2, 0) is 0 Å². The van der Waals surface area contributed by atoms with E-state index in [1.807, 2.05) is 0 Å². The van der Waals surface area contributed by atoms with Crippen LogP contribution in [0.4, 0.5) is 16.2 Å². The summed E-state index contributed by atoms with van der Waals surface area (Å²) in [5.41, 5.74) is 0.342. The molecule has 1 saturated carbocycles. The van der Waals surface area contributed by atoms with Gasteiger partial charge in [-0.1, -0.05) is 0 Å². The van der Waals surface area contributed by atoms with Crippen molar-refractivity contribution in [3.8, 4) is 5.75 Å². The summed E-state index contributed by atoms with van der Waals surface area (Å²) >= 11 is 3.20. The van der Waals surface area contributed by atoms with Crippen LogP contribution in [0.25, 0.3) is 0 Å². The van der Waals surface area contributed by atoms with Gasteiger partial charge in [-0.2, -0.15) is 0 Å². The first-order chi connectivity index (χ1) is 10.9. The van der Waals surface area contributed by atoms with Gasteiger partial charge in [-0.3, -0.25) is 10.1 Å². The van der Waals surface area contributed by atoms with E-state index in [-0.39, 0.29) is 17.8 Å². The number of nitrogens with zero attached hydrogens (tertiary/aromatic N) is 1. The minimum absolute atomic E-state index is 0.0279. The third-order valence-electron chi connectivity index (χ3n) is 3.79. The van der Waals surface area contributed by atoms with Gasteiger partial charge >= 0.3 is 11.8 Å². The third kappa shape index (κ3) is 4.47. The van der Waals surface area contributed by atoms with Gasteiger partial charge in [0.1, 0.15) is 15.9 Å². The normalized spacial score (nSPS) is 20.6. The van der Waals surface area contributed by atoms with Gasteiger partial charge in [-0.15, -0.1) is 0 Å². The molecule has 0 bridgehead atoms. The quantitative estimate of drug-likeness (QED) is 0.527. The number of anilines is 1. The van der Waals surface area contributed by atoms with Crippen LogP contribution in [0.1, 0.15) is 25.7 Å². The molecule has 23 heavy (non-hydrogen) atoms. The Morgan fingerprint density at radius 1 is 1.39 bits per heavy atom. The Morgan fingerprint density at radius 3 is 2.57 bits per heavy atom. The highest BCUT2D eigenvalue weighted by molar-refractivity contribution is 9.10. The van der Waals surface area contributed by atoms with Crippen LogP contribution in [-0.4, -0.2) is 35.3 Å². The lowest BCUT2D eigenvalue weighted by Crippen LogP contribution is -2.38. The van der Waals surface area contributed by atoms with Crippen LogP contribution < -0.4 is 15.4 Å². The van der Waals surface area contributed by atoms with Crippen molar-refractivity contribution >= 4 is 33.4 Å². The second-order valence-electron chi connectivity index (χ2n) is 5.35. The Labute approximate surface area is 141 Å². The van der Waals surface area contributed by atoms with Crippen molar-refractivity contribution in [3.63, 3.8) is 0 Å². The van der Waals surface area contributed by atoms with Gasteiger partial charge in [0.15, 0.2) is 0 Å². The number of benzene rings is 1. The van der Waals surface area contributed by atoms with E-state index in [9.17, 15) is 14.9 Å². The summed E-state index contributed by atoms with van der Waals surface area (Å²) in [5.74, 6) is 0.543. The van der Waals surface area contributed by atoms with Crippen molar-refractivity contribution in [1.82, 2.24) is 5.32 Å². The average molecular weight is 388 g/mol. The molecule has 0 saturated heterocycles. The molecular formula is C14H18BrN3O5. The zero-order valence-electron chi connectivity index (χ0n) is 12.5. The number of nitro groups is 1. The van der Waals surface area contributed by atoms with Crippen molar-refractivity contribution in [2.24, 2.45) is 0 Å². The predicted molar refractivity (Wildman–Crippen MR) is 88.2 cm³/mol. The summed E-state index contributed by atoms with van der Waals surface area (Å²) in [4.78, 5) is 21.2. The molecule has 2 rings (SSSR count). The molecule has 1 aliphatic rings. The maximum atomic E-state index is 11.1. The number of rotatable bonds is 5. The van der Waals surface area contributed by atoms with Crippen LogP contribution in [0.3, 0.4) is 0 Å². The number of hydrogen-bond acceptors (Lipinski definition) is 5. The number of amides is 1. The highest BCUT2D eigenvalue weighted by Gasteiger charge is 2.25. The second kappa shape index (κ2) is 7.49. The number of hydrogen-bond donors (Lipinski definition) is 3. The monoisotopic (exact) mass is 387 g/mol. The Hall–Kier alpha value is -2.03. The van der Waals surface area contributed by atoms with Crippen molar-refractivity contribution in [3.05, 3.63) is 26.7 Å². The fourth-order valence-electron chi connectivity index (χ4n) is 2.71. The lowest BCUT2D eigenvalue weighted by atomic mass is 9.93. The lowest BCUT2D eigenvalue weighted by molar-refractivity contribution is -0.384. The van der Waals surface area contributed by atoms with E-state index in [1.165, 1.54) is 0 Å². The highest BCUT2D eigenvalue weighted by atomic mass is 79.9. The maximum absolute atomic E-state index is 11.1. The van der Waals surface area contributed by atoms with E-state index in [0.29, 0.717) is 28.8 Å². The molecule has 8 nitrogen and oxygen atoms in total. The van der Waals surface area contributed by atoms with Crippen molar-refractivity contribution in [2.75, 3.05) is 12.4 Å². The molecule has 3 N–H and O–H groups in total. The second-order valence-corrected chi connectivity index (χ2v) is 6.20. The van der Waals surface area contributed by atoms with E-state index in [2.05, 4.69) is 26.6 Å². The first kappa shape index (κ1) is 17.3. The molecular weight excluding hydrogens is 370 g/mol. The lowest BCUT2D eigenvalue weighted by Gasteiger charge is -2.29. The van der Waals surface area contributed by atoms with Gasteiger partial charge < -0.3 is 20.5 Å². The van der Waals surface area contributed by atoms with Gasteiger partial charge in [0.25, 0.3) is 0 Å². The highest BCUT2D eigenvalue weighted by Crippen LogP contribution is 2.37. The minimum atomic E-state index is -1.01. The molecule has 1 aliphatic carbocycles. The van der Waals surface area contributed by atoms with E-state index >= 15 is 0 Å². The fourth-order valence-corrected chi connectivity index (χ4v) is 3.29. The van der Waals surface area contributed by atoms with Gasteiger partial charge in [-0.25, -0.2) is 4.79 Å². The summed E-state index contributed by atoms with van der Waals surface area (Å²) in [6.07, 6.45) is 1.85. The number of ether oxygens (including phenoxy) is 1. The maximum Gasteiger partial charge on any atom is 0.404 e. The van der Waals surface area contributed by atoms with Crippen molar-refractivity contribution in [1.29, 1.82) is 0 Å². The standard InChI is InChI=1S/C14H18BrN3O5/c1-16-12-7-10(6-11(15)13(12)18(21)22)23-9-4-2-8(3-5-9)17-14(19)20/h6-9,16-17H,2-5H2,1H3,(H,19,20). The largest absolute Gasteiger partial charge is 0.490 e. The van der Waals surface area contributed by atoms with Gasteiger partial charge in [0.05, 0.1) is 11.0 Å². The summed E-state index contributed by atoms with van der Waals surface area (Å²) < 4.78 is 6.25. The Balaban J connectivity index is 2.03. The van der Waals surface area contributed by atoms with Gasteiger partial charge in [0.2, 0.25) is 0 Å². The number of nitrogens with one attached hydrogen (secondary N) is 2. The molecule has 0 unspecified atom stereocenters. The SMILES string of the molecule is CNc1cc(OC2CCC(NC(=O)O)CC2)cc(Br)c1[N+](=O)[O-]. The zero-order chi connectivity index (χ0) is 17.0. The van der Waals surface area contributed by atoms with E-state index in [0.717, 1.165) is 12.8 Å². The number of carboxylic acid groups (broad SMARTS) is 1. The first-order valence-electron chi connectivity index (χ1n) is 7.22. The molecule has 1 fully saturated rings. The Bertz CT molecular complexity index is 602. The third-order valence-corrected chi connectivity index (χ3v) is 4.40. The van der Waals surface area contributed by atoms with E-state index < -0.39 is 11.0 Å². The zero-order valence-corrected chi connectivity index (χ0v) is 14.1. The number of carbonyl (C=O) groups is 1. The first-order valence-corrected chi connectivity index (χ1v) is 8.01. The summed E-state index contributed by atoms with van der Waals surface area (Å²) in [5, 5.41) is 25.1. The molecule has 0 heterocycles. The van der Waals surface area contributed by atoms with Crippen molar-refractivity contribution < 1.29 is 19.6 Å². The molecule has 9 heteroatoms. The Kier molecular flexibility index (Phi) is 5.64. The average Bonchev–Trinajstić information content (AvgIpc) is 2.47. The fraction of sp³-hybridized carbons (Fsp3) is 0.500. The number of halogens is 1. The summed E-state index contributed by atoms with van der Waals surface area (Å²) in [6, 6.07) is 3.15. The predicted octanol–water partition coefficient (Wildman–Crippen LogP) is 3.36. The van der Waals surface area contributed by atoms with Crippen LogP contribution in [0.5, 0.6) is 5.75 Å². The van der Waals surface area contributed by atoms with E-state index in [4.69, 9.17) is 9.84 Å². The molecule has 126 valence electrons. The van der Waals surface area contributed by atoms with Crippen LogP contribution in [0.2, 0.25) is 0 Å². The molecule has 1 aromatic rings. The van der Waals surface area contributed by atoms with Crippen LogP contribution in [0, 0.1) is 10.1 Å². The van der Waals surface area contributed by atoms with E-state index in [1.54, 1.807) is 19.2 Å². The van der Waals surface area contributed by atoms with Gasteiger partial charge in [-0.05, 0) is 41.6 Å². The number of nitro benzene ring substituents is 1. The van der Waals surface area contributed by atoms with Crippen LogP contribution in [0.15, 0.2) is 16.6 Å². The molecule has 0 radical (unpaired) electrons. The summed E-state index contributed by atoms with van der Waals surface area (Å²) in [6.45, 7) is 0.